The predicted octanol–water partition coefficient (Wildman–Crippen LogP) is 4.65. The van der Waals surface area contributed by atoms with Crippen LogP contribution in [0.15, 0.2) is 78.9 Å². The number of para-hydroxylation sites is 1. The molecule has 0 bridgehead atoms. The average Bonchev–Trinajstić information content (AvgIpc) is 3.42. The lowest BCUT2D eigenvalue weighted by molar-refractivity contribution is 0.0523. The Morgan fingerprint density at radius 1 is 0.769 bits per heavy atom. The molecule has 1 saturated heterocycles. The van der Waals surface area contributed by atoms with E-state index >= 15 is 0 Å². The zero-order chi connectivity index (χ0) is 17.7. The third-order valence-corrected chi connectivity index (χ3v) is 5.04. The van der Waals surface area contributed by atoms with Crippen molar-refractivity contribution in [2.45, 2.75) is 17.8 Å². The second-order valence-electron chi connectivity index (χ2n) is 6.58. The van der Waals surface area contributed by atoms with E-state index in [1.54, 1.807) is 24.3 Å². The highest BCUT2D eigenvalue weighted by atomic mass is 19.1. The number of halogens is 1. The molecule has 0 saturated carbocycles. The number of carbonyl (C=O) groups excluding carboxylic acids is 1. The van der Waals surface area contributed by atoms with Crippen molar-refractivity contribution in [1.29, 1.82) is 0 Å². The Bertz CT molecular complexity index is 984. The fourth-order valence-electron chi connectivity index (χ4n) is 3.73. The molecule has 26 heavy (non-hydrogen) atoms. The van der Waals surface area contributed by atoms with Crippen molar-refractivity contribution < 1.29 is 18.7 Å². The van der Waals surface area contributed by atoms with E-state index in [0.717, 1.165) is 11.1 Å². The summed E-state index contributed by atoms with van der Waals surface area (Å²) in [6.45, 7) is 0. The van der Waals surface area contributed by atoms with E-state index in [1.807, 2.05) is 42.5 Å². The first-order valence-corrected chi connectivity index (χ1v) is 8.49. The maximum absolute atomic E-state index is 13.4. The summed E-state index contributed by atoms with van der Waals surface area (Å²) in [6, 6.07) is 22.9. The van der Waals surface area contributed by atoms with Gasteiger partial charge in [-0.1, -0.05) is 54.6 Å². The number of ether oxygens (including phenoxy) is 2. The molecule has 3 aromatic carbocycles. The summed E-state index contributed by atoms with van der Waals surface area (Å²) in [6.07, 6.45) is -1.02. The highest BCUT2D eigenvalue weighted by molar-refractivity contribution is 6.08. The van der Waals surface area contributed by atoms with Gasteiger partial charge in [0.2, 0.25) is 11.4 Å². The zero-order valence-electron chi connectivity index (χ0n) is 13.8. The van der Waals surface area contributed by atoms with Gasteiger partial charge in [-0.3, -0.25) is 4.79 Å². The van der Waals surface area contributed by atoms with E-state index in [2.05, 4.69) is 0 Å². The van der Waals surface area contributed by atoms with Crippen molar-refractivity contribution in [3.8, 4) is 5.75 Å². The predicted molar refractivity (Wildman–Crippen MR) is 93.5 cm³/mol. The molecule has 2 heterocycles. The number of rotatable bonds is 2. The Morgan fingerprint density at radius 3 is 2.19 bits per heavy atom. The summed E-state index contributed by atoms with van der Waals surface area (Å²) >= 11 is 0. The van der Waals surface area contributed by atoms with Crippen molar-refractivity contribution >= 4 is 5.78 Å². The first kappa shape index (κ1) is 15.3. The van der Waals surface area contributed by atoms with E-state index in [0.29, 0.717) is 11.3 Å². The summed E-state index contributed by atoms with van der Waals surface area (Å²) < 4.78 is 25.5. The second-order valence-corrected chi connectivity index (χ2v) is 6.58. The number of fused-ring (bicyclic) bond motifs is 1. The maximum Gasteiger partial charge on any atom is 0.205 e. The van der Waals surface area contributed by atoms with Crippen molar-refractivity contribution in [1.82, 2.24) is 0 Å². The molecular formula is C22H15FO3. The van der Waals surface area contributed by atoms with Crippen LogP contribution in [0.5, 0.6) is 5.75 Å². The molecule has 2 aliphatic heterocycles. The van der Waals surface area contributed by atoms with Gasteiger partial charge in [-0.15, -0.1) is 0 Å². The van der Waals surface area contributed by atoms with Gasteiger partial charge in [0.15, 0.2) is 6.10 Å². The minimum Gasteiger partial charge on any atom is -0.481 e. The van der Waals surface area contributed by atoms with Crippen LogP contribution in [0.4, 0.5) is 4.39 Å². The summed E-state index contributed by atoms with van der Waals surface area (Å²) in [4.78, 5) is 13.4. The van der Waals surface area contributed by atoms with Gasteiger partial charge in [0, 0.05) is 0 Å². The second kappa shape index (κ2) is 5.51. The van der Waals surface area contributed by atoms with Crippen LogP contribution < -0.4 is 4.74 Å². The number of Topliss-reactive ketones (excluding diaryl/α,β-unsaturated/α-hetero) is 1. The fraction of sp³-hybridized carbons (Fsp3) is 0.136. The van der Waals surface area contributed by atoms with Gasteiger partial charge in [0.1, 0.15) is 17.7 Å². The standard InChI is InChI=1S/C22H15FO3/c23-16-12-10-15(11-13-16)21-22(26-21)19(24)17-8-4-5-9-18(17)25-20(22)14-6-2-1-3-7-14/h1-13,20-21H/t20-,21-,22+/m1/s1. The van der Waals surface area contributed by atoms with E-state index in [4.69, 9.17) is 9.47 Å². The van der Waals surface area contributed by atoms with Gasteiger partial charge in [-0.2, -0.15) is 0 Å². The molecule has 2 aliphatic rings. The quantitative estimate of drug-likeness (QED) is 0.634. The first-order chi connectivity index (χ1) is 12.7. The van der Waals surface area contributed by atoms with Gasteiger partial charge in [-0.25, -0.2) is 4.39 Å². The maximum atomic E-state index is 13.4. The molecule has 128 valence electrons. The van der Waals surface area contributed by atoms with Crippen LogP contribution in [-0.4, -0.2) is 11.4 Å². The van der Waals surface area contributed by atoms with Crippen molar-refractivity contribution in [3.63, 3.8) is 0 Å². The number of carbonyl (C=O) groups is 1. The number of ketones is 1. The molecule has 5 rings (SSSR count). The molecule has 3 nitrogen and oxygen atoms in total. The van der Waals surface area contributed by atoms with Crippen molar-refractivity contribution in [2.24, 2.45) is 0 Å². The minimum atomic E-state index is -1.12. The lowest BCUT2D eigenvalue weighted by atomic mass is 9.81. The van der Waals surface area contributed by atoms with Gasteiger partial charge < -0.3 is 9.47 Å². The van der Waals surface area contributed by atoms with Crippen LogP contribution in [0.1, 0.15) is 33.7 Å². The van der Waals surface area contributed by atoms with E-state index in [-0.39, 0.29) is 11.6 Å². The Balaban J connectivity index is 1.64. The van der Waals surface area contributed by atoms with Crippen LogP contribution >= 0.6 is 0 Å². The van der Waals surface area contributed by atoms with Gasteiger partial charge >= 0.3 is 0 Å². The molecule has 0 aromatic heterocycles. The summed E-state index contributed by atoms with van der Waals surface area (Å²) in [5.41, 5.74) is 1.04. The Hall–Kier alpha value is -2.98. The van der Waals surface area contributed by atoms with Crippen LogP contribution in [0, 0.1) is 5.82 Å². The van der Waals surface area contributed by atoms with Crippen LogP contribution in [0.2, 0.25) is 0 Å². The summed E-state index contributed by atoms with van der Waals surface area (Å²) in [5.74, 6) is 0.146. The molecule has 0 N–H and O–H groups in total. The summed E-state index contributed by atoms with van der Waals surface area (Å²) in [7, 11) is 0. The highest BCUT2D eigenvalue weighted by Crippen LogP contribution is 2.61. The van der Waals surface area contributed by atoms with E-state index < -0.39 is 17.8 Å². The molecule has 3 aromatic rings. The number of hydrogen-bond donors (Lipinski definition) is 0. The Labute approximate surface area is 150 Å². The molecule has 3 atom stereocenters. The topological polar surface area (TPSA) is 38.8 Å². The third-order valence-electron chi connectivity index (χ3n) is 5.04. The van der Waals surface area contributed by atoms with E-state index in [1.165, 1.54) is 12.1 Å². The average molecular weight is 346 g/mol. The Morgan fingerprint density at radius 2 is 1.42 bits per heavy atom. The SMILES string of the molecule is O=C1c2ccccc2O[C@H](c2ccccc2)[C@@]12O[C@@H]2c1ccc(F)cc1. The molecule has 1 spiro atoms. The largest absolute Gasteiger partial charge is 0.481 e. The van der Waals surface area contributed by atoms with Crippen LogP contribution in [-0.2, 0) is 4.74 Å². The van der Waals surface area contributed by atoms with Crippen LogP contribution in [0.25, 0.3) is 0 Å². The van der Waals surface area contributed by atoms with E-state index in [9.17, 15) is 9.18 Å². The molecule has 0 unspecified atom stereocenters. The number of hydrogen-bond acceptors (Lipinski definition) is 3. The zero-order valence-corrected chi connectivity index (χ0v) is 13.8. The highest BCUT2D eigenvalue weighted by Gasteiger charge is 2.71. The molecular weight excluding hydrogens is 331 g/mol. The lowest BCUT2D eigenvalue weighted by Crippen LogP contribution is -2.40. The lowest BCUT2D eigenvalue weighted by Gasteiger charge is -2.31. The van der Waals surface area contributed by atoms with Crippen LogP contribution in [0.3, 0.4) is 0 Å². The molecule has 0 amide bonds. The number of benzene rings is 3. The van der Waals surface area contributed by atoms with Crippen molar-refractivity contribution in [3.05, 3.63) is 101 Å². The molecule has 0 radical (unpaired) electrons. The van der Waals surface area contributed by atoms with Gasteiger partial charge in [0.05, 0.1) is 5.56 Å². The number of epoxide rings is 1. The first-order valence-electron chi connectivity index (χ1n) is 8.49. The van der Waals surface area contributed by atoms with Crippen molar-refractivity contribution in [2.75, 3.05) is 0 Å². The molecule has 4 heteroatoms. The molecule has 0 aliphatic carbocycles. The fourth-order valence-corrected chi connectivity index (χ4v) is 3.73. The third kappa shape index (κ3) is 2.12. The Kier molecular flexibility index (Phi) is 3.24. The smallest absolute Gasteiger partial charge is 0.205 e. The minimum absolute atomic E-state index is 0.0949. The summed E-state index contributed by atoms with van der Waals surface area (Å²) in [5, 5.41) is 0. The monoisotopic (exact) mass is 346 g/mol. The molecule has 1 fully saturated rings. The van der Waals surface area contributed by atoms with Gasteiger partial charge in [0.25, 0.3) is 0 Å². The normalized spacial score (nSPS) is 26.3. The van der Waals surface area contributed by atoms with Gasteiger partial charge in [-0.05, 0) is 35.4 Å².